The number of pyridine rings is 2. The zero-order valence-corrected chi connectivity index (χ0v) is 8.85. The second kappa shape index (κ2) is 3.28. The van der Waals surface area contributed by atoms with Crippen molar-refractivity contribution in [1.82, 2.24) is 14.4 Å². The Morgan fingerprint density at radius 2 is 2.19 bits per heavy atom. The van der Waals surface area contributed by atoms with Crippen LogP contribution >= 0.6 is 11.6 Å². The summed E-state index contributed by atoms with van der Waals surface area (Å²) < 4.78 is 1.47. The fourth-order valence-electron chi connectivity index (χ4n) is 1.61. The van der Waals surface area contributed by atoms with Crippen LogP contribution in [0.25, 0.3) is 16.7 Å². The van der Waals surface area contributed by atoms with E-state index in [1.165, 1.54) is 10.6 Å². The van der Waals surface area contributed by atoms with Crippen LogP contribution in [0.4, 0.5) is 0 Å². The minimum absolute atomic E-state index is 0.157. The van der Waals surface area contributed by atoms with E-state index < -0.39 is 0 Å². The molecule has 0 aliphatic rings. The Labute approximate surface area is 95.1 Å². The maximum absolute atomic E-state index is 12.1. The maximum Gasteiger partial charge on any atom is 0.267 e. The first kappa shape index (κ1) is 9.30. The number of aromatic nitrogens is 3. The van der Waals surface area contributed by atoms with Gasteiger partial charge in [-0.3, -0.25) is 9.20 Å². The Kier molecular flexibility index (Phi) is 1.91. The van der Waals surface area contributed by atoms with Crippen LogP contribution < -0.4 is 5.56 Å². The second-order valence-corrected chi connectivity index (χ2v) is 3.81. The van der Waals surface area contributed by atoms with Crippen LogP contribution in [0.2, 0.25) is 5.02 Å². The van der Waals surface area contributed by atoms with Crippen molar-refractivity contribution in [2.24, 2.45) is 0 Å². The van der Waals surface area contributed by atoms with E-state index in [9.17, 15) is 4.79 Å². The van der Waals surface area contributed by atoms with Gasteiger partial charge in [-0.1, -0.05) is 17.7 Å². The maximum atomic E-state index is 12.1. The molecule has 0 fully saturated rings. The highest BCUT2D eigenvalue weighted by Gasteiger charge is 2.05. The molecule has 0 saturated carbocycles. The number of hydrogen-bond acceptors (Lipinski definition) is 3. The van der Waals surface area contributed by atoms with Crippen LogP contribution in [0, 0.1) is 0 Å². The molecule has 0 aliphatic heterocycles. The van der Waals surface area contributed by atoms with E-state index in [-0.39, 0.29) is 5.56 Å². The van der Waals surface area contributed by atoms with Gasteiger partial charge in [-0.05, 0) is 18.2 Å². The Hall–Kier alpha value is -1.94. The monoisotopic (exact) mass is 231 g/mol. The summed E-state index contributed by atoms with van der Waals surface area (Å²) in [6, 6.07) is 6.94. The number of rotatable bonds is 0. The average molecular weight is 232 g/mol. The third-order valence-corrected chi connectivity index (χ3v) is 2.55. The molecule has 0 N–H and O–H groups in total. The van der Waals surface area contributed by atoms with Gasteiger partial charge < -0.3 is 0 Å². The van der Waals surface area contributed by atoms with Crippen molar-refractivity contribution in [2.75, 3.05) is 0 Å². The van der Waals surface area contributed by atoms with Crippen molar-refractivity contribution in [3.8, 4) is 0 Å². The summed E-state index contributed by atoms with van der Waals surface area (Å²) in [5.74, 6) is 0. The van der Waals surface area contributed by atoms with Crippen molar-refractivity contribution in [1.29, 1.82) is 0 Å². The van der Waals surface area contributed by atoms with Crippen LogP contribution in [0.5, 0.6) is 0 Å². The number of fused-ring (bicyclic) bond motifs is 2. The van der Waals surface area contributed by atoms with E-state index in [1.807, 2.05) is 6.07 Å². The van der Waals surface area contributed by atoms with Crippen LogP contribution in [0.3, 0.4) is 0 Å². The fraction of sp³-hybridized carbons (Fsp3) is 0. The minimum Gasteiger partial charge on any atom is -0.268 e. The summed E-state index contributed by atoms with van der Waals surface area (Å²) in [7, 11) is 0. The van der Waals surface area contributed by atoms with Gasteiger partial charge >= 0.3 is 0 Å². The fourth-order valence-corrected chi connectivity index (χ4v) is 1.77. The minimum atomic E-state index is -0.157. The van der Waals surface area contributed by atoms with E-state index in [0.717, 1.165) is 0 Å². The lowest BCUT2D eigenvalue weighted by atomic mass is 10.3. The lowest BCUT2D eigenvalue weighted by Crippen LogP contribution is -2.15. The average Bonchev–Trinajstić information content (AvgIpc) is 2.31. The van der Waals surface area contributed by atoms with E-state index in [1.54, 1.807) is 24.4 Å². The highest BCUT2D eigenvalue weighted by Crippen LogP contribution is 2.12. The zero-order valence-electron chi connectivity index (χ0n) is 8.09. The third-order valence-electron chi connectivity index (χ3n) is 2.34. The molecular weight excluding hydrogens is 226 g/mol. The van der Waals surface area contributed by atoms with Crippen LogP contribution in [-0.2, 0) is 0 Å². The quantitative estimate of drug-likeness (QED) is 0.555. The molecule has 0 unspecified atom stereocenters. The molecule has 3 aromatic rings. The van der Waals surface area contributed by atoms with Gasteiger partial charge in [-0.25, -0.2) is 9.97 Å². The Morgan fingerprint density at radius 3 is 3.06 bits per heavy atom. The summed E-state index contributed by atoms with van der Waals surface area (Å²) in [5, 5.41) is 0.860. The van der Waals surface area contributed by atoms with E-state index in [2.05, 4.69) is 9.97 Å². The summed E-state index contributed by atoms with van der Waals surface area (Å²) in [4.78, 5) is 20.4. The Morgan fingerprint density at radius 1 is 1.31 bits per heavy atom. The van der Waals surface area contributed by atoms with Crippen molar-refractivity contribution < 1.29 is 0 Å². The molecule has 0 amide bonds. The molecule has 16 heavy (non-hydrogen) atoms. The topological polar surface area (TPSA) is 47.3 Å². The molecule has 3 rings (SSSR count). The largest absolute Gasteiger partial charge is 0.268 e. The van der Waals surface area contributed by atoms with Crippen molar-refractivity contribution in [2.45, 2.75) is 0 Å². The van der Waals surface area contributed by atoms with Crippen molar-refractivity contribution >= 4 is 28.3 Å². The molecule has 0 spiro atoms. The van der Waals surface area contributed by atoms with Gasteiger partial charge in [0, 0.05) is 12.4 Å². The number of halogens is 1. The molecule has 78 valence electrons. The van der Waals surface area contributed by atoms with Crippen LogP contribution in [0.1, 0.15) is 0 Å². The lowest BCUT2D eigenvalue weighted by molar-refractivity contribution is 1.07. The Balaban J connectivity index is 2.61. The predicted molar refractivity (Wildman–Crippen MR) is 61.8 cm³/mol. The predicted octanol–water partition coefficient (Wildman–Crippen LogP) is 1.90. The summed E-state index contributed by atoms with van der Waals surface area (Å²) in [6.45, 7) is 0. The molecule has 0 saturated heterocycles. The standard InChI is InChI=1S/C11H6ClN3O/c12-7-5-8-10(13-6-7)14-9-3-1-2-4-15(9)11(8)16/h1-6H. The molecule has 3 heterocycles. The normalized spacial score (nSPS) is 11.1. The number of hydrogen-bond donors (Lipinski definition) is 0. The second-order valence-electron chi connectivity index (χ2n) is 3.37. The molecule has 0 atom stereocenters. The van der Waals surface area contributed by atoms with Gasteiger partial charge in [-0.2, -0.15) is 0 Å². The highest BCUT2D eigenvalue weighted by molar-refractivity contribution is 6.31. The molecule has 0 aliphatic carbocycles. The third kappa shape index (κ3) is 1.27. The first-order valence-electron chi connectivity index (χ1n) is 4.68. The SMILES string of the molecule is O=c1c2cc(Cl)cnc2nc2ccccn12. The van der Waals surface area contributed by atoms with Gasteiger partial charge in [-0.15, -0.1) is 0 Å². The van der Waals surface area contributed by atoms with Crippen molar-refractivity contribution in [3.63, 3.8) is 0 Å². The molecule has 0 aromatic carbocycles. The smallest absolute Gasteiger partial charge is 0.267 e. The van der Waals surface area contributed by atoms with Gasteiger partial charge in [0.25, 0.3) is 5.56 Å². The lowest BCUT2D eigenvalue weighted by Gasteiger charge is -2.01. The Bertz CT molecular complexity index is 751. The van der Waals surface area contributed by atoms with E-state index in [4.69, 9.17) is 11.6 Å². The van der Waals surface area contributed by atoms with E-state index >= 15 is 0 Å². The summed E-state index contributed by atoms with van der Waals surface area (Å²) >= 11 is 5.80. The van der Waals surface area contributed by atoms with Gasteiger partial charge in [0.1, 0.15) is 5.65 Å². The molecule has 4 nitrogen and oxygen atoms in total. The van der Waals surface area contributed by atoms with Gasteiger partial charge in [0.2, 0.25) is 0 Å². The number of nitrogens with zero attached hydrogens (tertiary/aromatic N) is 3. The zero-order chi connectivity index (χ0) is 11.1. The summed E-state index contributed by atoms with van der Waals surface area (Å²) in [6.07, 6.45) is 3.15. The van der Waals surface area contributed by atoms with Crippen LogP contribution in [-0.4, -0.2) is 14.4 Å². The first-order valence-corrected chi connectivity index (χ1v) is 5.06. The summed E-state index contributed by atoms with van der Waals surface area (Å²) in [5.41, 5.74) is 0.839. The van der Waals surface area contributed by atoms with Crippen molar-refractivity contribution in [3.05, 3.63) is 52.0 Å². The molecule has 3 aromatic heterocycles. The van der Waals surface area contributed by atoms with E-state index in [0.29, 0.717) is 21.7 Å². The molecule has 0 radical (unpaired) electrons. The highest BCUT2D eigenvalue weighted by atomic mass is 35.5. The van der Waals surface area contributed by atoms with Gasteiger partial charge in [0.05, 0.1) is 10.4 Å². The van der Waals surface area contributed by atoms with Crippen LogP contribution in [0.15, 0.2) is 41.5 Å². The van der Waals surface area contributed by atoms with Gasteiger partial charge in [0.15, 0.2) is 5.65 Å². The molecular formula is C11H6ClN3O. The molecule has 0 bridgehead atoms. The first-order chi connectivity index (χ1) is 7.75. The molecule has 5 heteroatoms.